The lowest BCUT2D eigenvalue weighted by Crippen LogP contribution is -2.53. The molecule has 0 radical (unpaired) electrons. The maximum Gasteiger partial charge on any atom is 0.245 e. The highest BCUT2D eigenvalue weighted by molar-refractivity contribution is 7.20. The molecule has 47 heavy (non-hydrogen) atoms. The van der Waals surface area contributed by atoms with Gasteiger partial charge in [-0.3, -0.25) is 4.79 Å². The molecule has 0 atom stereocenters. The van der Waals surface area contributed by atoms with Crippen molar-refractivity contribution in [3.63, 3.8) is 0 Å². The van der Waals surface area contributed by atoms with Crippen LogP contribution in [-0.4, -0.2) is 43.0 Å². The third-order valence-corrected chi connectivity index (χ3v) is 8.45. The number of nitrogens with one attached hydrogen (secondary N) is 1. The molecule has 5 nitrogen and oxygen atoms in total. The predicted octanol–water partition coefficient (Wildman–Crippen LogP) is 10.2. The monoisotopic (exact) mass is 666 g/mol. The van der Waals surface area contributed by atoms with Crippen LogP contribution in [0, 0.1) is 31.5 Å². The Bertz CT molecular complexity index is 1320. The number of carbonyl (C=O) groups excluding carboxylic acids is 1. The fraction of sp³-hybridized carbons (Fsp3) is 0.475. The van der Waals surface area contributed by atoms with Crippen LogP contribution in [0.25, 0.3) is 5.70 Å². The molecular formula is C40H63FN4OS. The summed E-state index contributed by atoms with van der Waals surface area (Å²) in [5.41, 5.74) is 4.04. The maximum atomic E-state index is 14.1. The van der Waals surface area contributed by atoms with E-state index in [-0.39, 0.29) is 17.8 Å². The zero-order chi connectivity index (χ0) is 37.1. The van der Waals surface area contributed by atoms with Gasteiger partial charge < -0.3 is 20.0 Å². The largest absolute Gasteiger partial charge is 0.361 e. The Balaban J connectivity index is 0. The Hall–Kier alpha value is -3.76. The summed E-state index contributed by atoms with van der Waals surface area (Å²) in [5, 5.41) is 5.05. The molecule has 1 aromatic carbocycles. The number of nitrogens with zero attached hydrogens (tertiary/aromatic N) is 3. The summed E-state index contributed by atoms with van der Waals surface area (Å²) >= 11 is 1.63. The zero-order valence-corrected chi connectivity index (χ0v) is 32.4. The number of carbonyl (C=O) groups is 1. The number of anilines is 2. The molecule has 0 aliphatic rings. The van der Waals surface area contributed by atoms with Gasteiger partial charge in [0.25, 0.3) is 0 Å². The Kier molecular flexibility index (Phi) is 21.9. The Morgan fingerprint density at radius 2 is 1.62 bits per heavy atom. The smallest absolute Gasteiger partial charge is 0.245 e. The average Bonchev–Trinajstić information content (AvgIpc) is 3.37. The summed E-state index contributed by atoms with van der Waals surface area (Å²) in [6.07, 6.45) is 16.9. The lowest BCUT2D eigenvalue weighted by atomic mass is 9.98. The molecular weight excluding hydrogens is 604 g/mol. The van der Waals surface area contributed by atoms with E-state index in [9.17, 15) is 9.18 Å². The first-order valence-corrected chi connectivity index (χ1v) is 17.2. The van der Waals surface area contributed by atoms with Gasteiger partial charge in [-0.05, 0) is 94.5 Å². The number of hydrogen-bond donors (Lipinski definition) is 1. The van der Waals surface area contributed by atoms with Gasteiger partial charge in [0.05, 0.1) is 0 Å². The second-order valence-corrected chi connectivity index (χ2v) is 13.2. The van der Waals surface area contributed by atoms with Crippen LogP contribution in [0.15, 0.2) is 62.5 Å². The van der Waals surface area contributed by atoms with E-state index >= 15 is 0 Å². The molecule has 1 heterocycles. The van der Waals surface area contributed by atoms with Crippen molar-refractivity contribution in [1.82, 2.24) is 10.2 Å². The van der Waals surface area contributed by atoms with E-state index in [0.717, 1.165) is 50.3 Å². The molecule has 1 N–H and O–H groups in total. The van der Waals surface area contributed by atoms with Crippen LogP contribution in [-0.2, 0) is 17.6 Å². The quantitative estimate of drug-likeness (QED) is 0.161. The molecule has 0 saturated heterocycles. The van der Waals surface area contributed by atoms with Crippen LogP contribution in [0.2, 0.25) is 0 Å². The second-order valence-electron chi connectivity index (χ2n) is 12.2. The molecule has 1 aromatic heterocycles. The van der Waals surface area contributed by atoms with E-state index in [4.69, 9.17) is 0 Å². The summed E-state index contributed by atoms with van der Waals surface area (Å²) in [6.45, 7) is 35.3. The van der Waals surface area contributed by atoms with Crippen molar-refractivity contribution in [2.45, 2.75) is 101 Å². The first-order chi connectivity index (χ1) is 22.0. The molecule has 0 aliphatic carbocycles. The Morgan fingerprint density at radius 1 is 1.06 bits per heavy atom. The van der Waals surface area contributed by atoms with Crippen LogP contribution in [0.1, 0.15) is 91.5 Å². The number of hydrogen-bond acceptors (Lipinski definition) is 5. The number of terminal acetylenes is 1. The first-order valence-electron chi connectivity index (χ1n) is 16.4. The van der Waals surface area contributed by atoms with Crippen LogP contribution in [0.4, 0.5) is 14.4 Å². The molecule has 2 rings (SSSR count). The normalized spacial score (nSPS) is 10.5. The molecule has 0 bridgehead atoms. The molecule has 0 unspecified atom stereocenters. The lowest BCUT2D eigenvalue weighted by Gasteiger charge is -2.38. The van der Waals surface area contributed by atoms with Crippen molar-refractivity contribution in [3.05, 3.63) is 90.6 Å². The first kappa shape index (κ1) is 45.4. The number of amides is 1. The number of likely N-dealkylation sites (N-methyl/N-ethyl adjacent to an activating group) is 1. The molecule has 0 aliphatic heterocycles. The predicted molar refractivity (Wildman–Crippen MR) is 210 cm³/mol. The van der Waals surface area contributed by atoms with Crippen molar-refractivity contribution in [3.8, 4) is 12.8 Å². The van der Waals surface area contributed by atoms with Crippen molar-refractivity contribution in [2.75, 3.05) is 30.4 Å². The molecule has 0 spiro atoms. The third kappa shape index (κ3) is 13.9. The third-order valence-electron chi connectivity index (χ3n) is 7.03. The minimum atomic E-state index is -0.835. The van der Waals surface area contributed by atoms with Gasteiger partial charge in [0.1, 0.15) is 21.4 Å². The van der Waals surface area contributed by atoms with Gasteiger partial charge in [-0.25, -0.2) is 4.39 Å². The molecule has 7 heteroatoms. The van der Waals surface area contributed by atoms with Crippen LogP contribution in [0.3, 0.4) is 0 Å². The van der Waals surface area contributed by atoms with Crippen molar-refractivity contribution < 1.29 is 9.18 Å². The van der Waals surface area contributed by atoms with E-state index in [0.29, 0.717) is 13.0 Å². The number of halogens is 1. The minimum absolute atomic E-state index is 0.0286. The lowest BCUT2D eigenvalue weighted by molar-refractivity contribution is -0.129. The topological polar surface area (TPSA) is 38.8 Å². The average molecular weight is 667 g/mol. The Morgan fingerprint density at radius 3 is 2.09 bits per heavy atom. The zero-order valence-electron chi connectivity index (χ0n) is 31.6. The highest BCUT2D eigenvalue weighted by Gasteiger charge is 2.36. The van der Waals surface area contributed by atoms with Gasteiger partial charge in [0.15, 0.2) is 0 Å². The van der Waals surface area contributed by atoms with Gasteiger partial charge in [0.2, 0.25) is 5.91 Å². The van der Waals surface area contributed by atoms with E-state index in [1.54, 1.807) is 23.5 Å². The minimum Gasteiger partial charge on any atom is -0.361 e. The standard InChI is InChI=1S/C32H45FN4OS.C4H10.C2H6.C2H2/c1-12-15-19-35(10)29-23(6)28(24(7)36(11)32(8,9)31(38)34-22(4)5)30(39-29)37(14-3)20-18-26-21-27(33)17-16-25(26)13-2;1-4(2)3;2*1-2/h12,14-17,19,21-22H,1,3,7,13,18,20H2,2,4-6,8-11H3,(H,34,38);4H,1-3H3;1-2H3;1-2H/b19-15-;;;. The molecule has 1 amide bonds. The van der Waals surface area contributed by atoms with E-state index in [2.05, 4.69) is 82.3 Å². The van der Waals surface area contributed by atoms with Crippen molar-refractivity contribution in [2.24, 2.45) is 5.92 Å². The molecule has 2 aromatic rings. The molecule has 0 fully saturated rings. The van der Waals surface area contributed by atoms with Crippen LogP contribution >= 0.6 is 11.3 Å². The fourth-order valence-electron chi connectivity index (χ4n) is 4.41. The van der Waals surface area contributed by atoms with Gasteiger partial charge in [-0.1, -0.05) is 84.8 Å². The highest BCUT2D eigenvalue weighted by atomic mass is 32.1. The van der Waals surface area contributed by atoms with E-state index < -0.39 is 5.54 Å². The highest BCUT2D eigenvalue weighted by Crippen LogP contribution is 2.46. The fourth-order valence-corrected chi connectivity index (χ4v) is 5.71. The number of benzene rings is 1. The second kappa shape index (κ2) is 22.7. The number of thiophene rings is 1. The maximum absolute atomic E-state index is 14.1. The Labute approximate surface area is 291 Å². The van der Waals surface area contributed by atoms with E-state index in [1.807, 2.05) is 85.1 Å². The van der Waals surface area contributed by atoms with Crippen molar-refractivity contribution in [1.29, 1.82) is 0 Å². The number of aryl methyl sites for hydroxylation is 1. The van der Waals surface area contributed by atoms with Gasteiger partial charge in [-0.15, -0.1) is 12.8 Å². The summed E-state index contributed by atoms with van der Waals surface area (Å²) in [4.78, 5) is 19.2. The van der Waals surface area contributed by atoms with Crippen LogP contribution < -0.4 is 15.1 Å². The number of rotatable bonds is 14. The summed E-state index contributed by atoms with van der Waals surface area (Å²) < 4.78 is 14.1. The molecule has 262 valence electrons. The summed E-state index contributed by atoms with van der Waals surface area (Å²) in [5.74, 6) is 0.537. The van der Waals surface area contributed by atoms with Crippen molar-refractivity contribution >= 4 is 32.9 Å². The number of allylic oxidation sites excluding steroid dienone is 2. The summed E-state index contributed by atoms with van der Waals surface area (Å²) in [6, 6.07) is 5.04. The van der Waals surface area contributed by atoms with Gasteiger partial charge in [0, 0.05) is 44.1 Å². The van der Waals surface area contributed by atoms with E-state index in [1.165, 1.54) is 6.07 Å². The SMILES string of the molecule is C#C.C=C/C=C\N(C)c1sc(N(C=C)CCc2cc(F)ccc2CC)c(C(=C)N(C)C(C)(C)C(=O)NC(C)C)c1C.CC.CC(C)C. The van der Waals surface area contributed by atoms with Crippen LogP contribution in [0.5, 0.6) is 0 Å². The molecule has 0 saturated carbocycles. The van der Waals surface area contributed by atoms with Gasteiger partial charge >= 0.3 is 0 Å². The summed E-state index contributed by atoms with van der Waals surface area (Å²) in [7, 11) is 3.90. The van der Waals surface area contributed by atoms with Gasteiger partial charge in [-0.2, -0.15) is 0 Å².